The molecule has 0 atom stereocenters. The van der Waals surface area contributed by atoms with E-state index in [4.69, 9.17) is 0 Å². The third-order valence-electron chi connectivity index (χ3n) is 1.95. The smallest absolute Gasteiger partial charge is 0.399 e. The highest BCUT2D eigenvalue weighted by atomic mass is 32.2. The second-order valence-electron chi connectivity index (χ2n) is 4.31. The van der Waals surface area contributed by atoms with Crippen LogP contribution >= 0.6 is 23.9 Å². The van der Waals surface area contributed by atoms with Crippen LogP contribution in [0.4, 0.5) is 14.0 Å². The van der Waals surface area contributed by atoms with E-state index in [0.29, 0.717) is 22.2 Å². The largest absolute Gasteiger partial charge is 0.447 e. The fourth-order valence-corrected chi connectivity index (χ4v) is 2.11. The minimum absolute atomic E-state index is 0.391. The Hall–Kier alpha value is -1.49. The molecule has 22 heavy (non-hydrogen) atoms. The fraction of sp³-hybridized carbons (Fsp3) is 0.636. The highest BCUT2D eigenvalue weighted by molar-refractivity contribution is 8.01. The van der Waals surface area contributed by atoms with Crippen LogP contribution in [-0.4, -0.2) is 65.0 Å². The molecule has 0 rings (SSSR count). The van der Waals surface area contributed by atoms with Crippen LogP contribution in [0, 0.1) is 0 Å². The molecule has 0 aliphatic rings. The van der Waals surface area contributed by atoms with E-state index in [9.17, 15) is 14.0 Å². The monoisotopic (exact) mass is 354 g/mol. The zero-order valence-corrected chi connectivity index (χ0v) is 14.6. The molecule has 0 heterocycles. The third kappa shape index (κ3) is 9.45. The predicted octanol–water partition coefficient (Wildman–Crippen LogP) is 2.77. The second-order valence-corrected chi connectivity index (χ2v) is 7.24. The Morgan fingerprint density at radius 1 is 1.27 bits per heavy atom. The van der Waals surface area contributed by atoms with Crippen molar-refractivity contribution in [2.45, 2.75) is 18.6 Å². The molecule has 8 nitrogen and oxygen atoms in total. The minimum atomic E-state index is -1.68. The maximum atomic E-state index is 12.3. The Morgan fingerprint density at radius 2 is 1.91 bits per heavy atom. The van der Waals surface area contributed by atoms with Gasteiger partial charge < -0.3 is 4.84 Å². The van der Waals surface area contributed by atoms with Gasteiger partial charge in [0.15, 0.2) is 0 Å². The van der Waals surface area contributed by atoms with Crippen LogP contribution in [0.5, 0.6) is 0 Å². The van der Waals surface area contributed by atoms with Gasteiger partial charge >= 0.3 is 12.3 Å². The van der Waals surface area contributed by atoms with Crippen LogP contribution in [0.3, 0.4) is 0 Å². The van der Waals surface area contributed by atoms with Gasteiger partial charge in [0.2, 0.25) is 0 Å². The summed E-state index contributed by atoms with van der Waals surface area (Å²) in [5, 5.41) is 7.19. The number of hydrogen-bond donors (Lipinski definition) is 0. The number of carbonyl (C=O) groups is 2. The van der Waals surface area contributed by atoms with E-state index < -0.39 is 17.0 Å². The number of carbonyl (C=O) groups excluding carboxylic acids is 2. The number of rotatable bonds is 8. The summed E-state index contributed by atoms with van der Waals surface area (Å²) in [4.78, 5) is 31.1. The summed E-state index contributed by atoms with van der Waals surface area (Å²) < 4.78 is 13.5. The molecule has 0 aromatic carbocycles. The highest BCUT2D eigenvalue weighted by Crippen LogP contribution is 2.21. The lowest BCUT2D eigenvalue weighted by molar-refractivity contribution is 0.136. The second kappa shape index (κ2) is 10.3. The fourth-order valence-electron chi connectivity index (χ4n) is 0.899. The summed E-state index contributed by atoms with van der Waals surface area (Å²) in [5.41, 5.74) is 0. The Morgan fingerprint density at radius 3 is 2.45 bits per heavy atom. The standard InChI is InChI=1S/C11H19FN4O4S2/c1-11(2,21-7-6-13-19-5)8-14-20-10(18)16(4)22-15(3)9(12)17/h6,8H,7H2,1-5H3. The first-order valence-electron chi connectivity index (χ1n) is 5.99. The van der Waals surface area contributed by atoms with E-state index in [0.717, 1.165) is 4.31 Å². The van der Waals surface area contributed by atoms with E-state index in [1.807, 2.05) is 13.8 Å². The SMILES string of the molecule is CON=CCSC(C)(C)C=NOC(=O)N(C)SN(C)C(=O)F. The third-order valence-corrected chi connectivity index (χ3v) is 3.90. The van der Waals surface area contributed by atoms with Crippen LogP contribution in [-0.2, 0) is 9.68 Å². The Balaban J connectivity index is 4.25. The summed E-state index contributed by atoms with van der Waals surface area (Å²) in [6, 6.07) is 0. The first-order chi connectivity index (χ1) is 10.2. The van der Waals surface area contributed by atoms with E-state index in [1.54, 1.807) is 6.21 Å². The van der Waals surface area contributed by atoms with Crippen molar-refractivity contribution < 1.29 is 23.7 Å². The molecule has 0 fully saturated rings. The van der Waals surface area contributed by atoms with E-state index in [-0.39, 0.29) is 0 Å². The number of nitrogens with zero attached hydrogens (tertiary/aromatic N) is 4. The van der Waals surface area contributed by atoms with Crippen LogP contribution in [0.1, 0.15) is 13.8 Å². The molecule has 0 spiro atoms. The molecule has 0 radical (unpaired) electrons. The molecule has 11 heteroatoms. The van der Waals surface area contributed by atoms with E-state index in [1.165, 1.54) is 39.2 Å². The van der Waals surface area contributed by atoms with Crippen molar-refractivity contribution in [3.05, 3.63) is 0 Å². The molecule has 0 N–H and O–H groups in total. The molecule has 0 aliphatic heterocycles. The number of amides is 2. The van der Waals surface area contributed by atoms with Crippen molar-refractivity contribution in [3.8, 4) is 0 Å². The van der Waals surface area contributed by atoms with Crippen LogP contribution < -0.4 is 0 Å². The lowest BCUT2D eigenvalue weighted by Gasteiger charge is -2.19. The van der Waals surface area contributed by atoms with E-state index in [2.05, 4.69) is 20.0 Å². The van der Waals surface area contributed by atoms with Crippen molar-refractivity contribution in [3.63, 3.8) is 0 Å². The Bertz CT molecular complexity index is 434. The van der Waals surface area contributed by atoms with Gasteiger partial charge in [-0.2, -0.15) is 0 Å². The average molecular weight is 354 g/mol. The summed E-state index contributed by atoms with van der Waals surface area (Å²) >= 11 is 2.05. The molecule has 0 saturated carbocycles. The van der Waals surface area contributed by atoms with Crippen molar-refractivity contribution in [1.82, 2.24) is 8.61 Å². The maximum Gasteiger partial charge on any atom is 0.447 e. The zero-order chi connectivity index (χ0) is 17.2. The van der Waals surface area contributed by atoms with Crippen molar-refractivity contribution >= 4 is 48.6 Å². The number of thioether (sulfide) groups is 1. The molecule has 0 unspecified atom stereocenters. The van der Waals surface area contributed by atoms with Crippen molar-refractivity contribution in [2.24, 2.45) is 10.3 Å². The molecule has 0 saturated heterocycles. The van der Waals surface area contributed by atoms with Crippen molar-refractivity contribution in [1.29, 1.82) is 0 Å². The predicted molar refractivity (Wildman–Crippen MR) is 86.6 cm³/mol. The molecule has 126 valence electrons. The van der Waals surface area contributed by atoms with Gasteiger partial charge in [0.05, 0.1) is 24.6 Å². The Kier molecular flexibility index (Phi) is 9.58. The molecule has 0 aromatic rings. The molecule has 2 amide bonds. The number of halogens is 1. The number of oxime groups is 2. The minimum Gasteiger partial charge on any atom is -0.399 e. The first-order valence-corrected chi connectivity index (χ1v) is 7.70. The zero-order valence-electron chi connectivity index (χ0n) is 13.0. The lowest BCUT2D eigenvalue weighted by atomic mass is 10.2. The quantitative estimate of drug-likeness (QED) is 0.166. The van der Waals surface area contributed by atoms with Gasteiger partial charge in [0.1, 0.15) is 7.11 Å². The number of hydrogen-bond acceptors (Lipinski definition) is 8. The molecular formula is C11H19FN4O4S2. The van der Waals surface area contributed by atoms with Gasteiger partial charge in [-0.25, -0.2) is 18.2 Å². The van der Waals surface area contributed by atoms with Gasteiger partial charge in [0, 0.05) is 24.6 Å². The summed E-state index contributed by atoms with van der Waals surface area (Å²) in [6.45, 7) is 3.76. The summed E-state index contributed by atoms with van der Waals surface area (Å²) in [7, 11) is 3.96. The van der Waals surface area contributed by atoms with Gasteiger partial charge in [-0.05, 0) is 13.8 Å². The van der Waals surface area contributed by atoms with Crippen LogP contribution in [0.15, 0.2) is 10.3 Å². The van der Waals surface area contributed by atoms with Crippen molar-refractivity contribution in [2.75, 3.05) is 27.0 Å². The van der Waals surface area contributed by atoms with Gasteiger partial charge in [0.25, 0.3) is 0 Å². The summed E-state index contributed by atoms with van der Waals surface area (Å²) in [6.07, 6.45) is 0.540. The summed E-state index contributed by atoms with van der Waals surface area (Å²) in [5.74, 6) is 0.597. The molecule has 0 aromatic heterocycles. The lowest BCUT2D eigenvalue weighted by Crippen LogP contribution is -2.26. The van der Waals surface area contributed by atoms with E-state index >= 15 is 0 Å². The van der Waals surface area contributed by atoms with Gasteiger partial charge in [-0.1, -0.05) is 10.3 Å². The van der Waals surface area contributed by atoms with Gasteiger partial charge in [-0.15, -0.1) is 16.2 Å². The maximum absolute atomic E-state index is 12.3. The average Bonchev–Trinajstić information content (AvgIpc) is 2.43. The highest BCUT2D eigenvalue weighted by Gasteiger charge is 2.19. The first kappa shape index (κ1) is 20.5. The van der Waals surface area contributed by atoms with Crippen LogP contribution in [0.2, 0.25) is 0 Å². The normalized spacial score (nSPS) is 11.7. The topological polar surface area (TPSA) is 83.8 Å². The molecular weight excluding hydrogens is 335 g/mol. The molecule has 0 bridgehead atoms. The Labute approximate surface area is 137 Å². The van der Waals surface area contributed by atoms with Gasteiger partial charge in [-0.3, -0.25) is 4.84 Å². The van der Waals surface area contributed by atoms with Crippen LogP contribution in [0.25, 0.3) is 0 Å². The molecule has 0 aliphatic carbocycles.